The van der Waals surface area contributed by atoms with Crippen LogP contribution >= 0.6 is 11.3 Å². The molecule has 0 aliphatic carbocycles. The highest BCUT2D eigenvalue weighted by atomic mass is 32.2. The normalized spacial score (nSPS) is 15.7. The number of rotatable bonds is 9. The minimum absolute atomic E-state index is 0.128. The topological polar surface area (TPSA) is 76.2 Å². The van der Waals surface area contributed by atoms with Crippen LogP contribution in [0, 0.1) is 6.92 Å². The van der Waals surface area contributed by atoms with E-state index in [0.29, 0.717) is 18.9 Å². The third-order valence-corrected chi connectivity index (χ3v) is 9.47. The largest absolute Gasteiger partial charge is 0.497 e. The molecule has 3 aromatic rings. The van der Waals surface area contributed by atoms with E-state index >= 15 is 0 Å². The van der Waals surface area contributed by atoms with E-state index in [1.165, 1.54) is 28.4 Å². The van der Waals surface area contributed by atoms with Gasteiger partial charge in [0.1, 0.15) is 18.1 Å². The van der Waals surface area contributed by atoms with Crippen molar-refractivity contribution in [3.05, 3.63) is 76.0 Å². The number of hydrogen-bond acceptors (Lipinski definition) is 6. The summed E-state index contributed by atoms with van der Waals surface area (Å²) in [5.41, 5.74) is 2.09. The van der Waals surface area contributed by atoms with Gasteiger partial charge in [-0.25, -0.2) is 8.42 Å². The van der Waals surface area contributed by atoms with Crippen molar-refractivity contribution >= 4 is 27.3 Å². The van der Waals surface area contributed by atoms with E-state index in [-0.39, 0.29) is 23.4 Å². The lowest BCUT2D eigenvalue weighted by Gasteiger charge is -2.37. The van der Waals surface area contributed by atoms with Gasteiger partial charge in [0.05, 0.1) is 24.6 Å². The summed E-state index contributed by atoms with van der Waals surface area (Å²) >= 11 is 1.68. The molecule has 0 N–H and O–H groups in total. The predicted molar refractivity (Wildman–Crippen MR) is 141 cm³/mol. The molecule has 0 saturated heterocycles. The van der Waals surface area contributed by atoms with Crippen LogP contribution in [0.2, 0.25) is 0 Å². The Morgan fingerprint density at radius 3 is 2.53 bits per heavy atom. The molecule has 0 bridgehead atoms. The highest BCUT2D eigenvalue weighted by Crippen LogP contribution is 2.34. The summed E-state index contributed by atoms with van der Waals surface area (Å²) in [6.07, 6.45) is 0.743. The van der Waals surface area contributed by atoms with Crippen LogP contribution in [-0.2, 0) is 21.2 Å². The third kappa shape index (κ3) is 5.43. The average Bonchev–Trinajstić information content (AvgIpc) is 3.35. The van der Waals surface area contributed by atoms with Crippen LogP contribution in [0.3, 0.4) is 0 Å². The molecule has 1 atom stereocenters. The zero-order valence-corrected chi connectivity index (χ0v) is 22.6. The Morgan fingerprint density at radius 1 is 1.14 bits per heavy atom. The van der Waals surface area contributed by atoms with E-state index in [1.807, 2.05) is 42.6 Å². The van der Waals surface area contributed by atoms with Crippen LogP contribution in [0.4, 0.5) is 0 Å². The number of carbonyl (C=O) groups is 1. The van der Waals surface area contributed by atoms with Crippen molar-refractivity contribution in [1.29, 1.82) is 0 Å². The summed E-state index contributed by atoms with van der Waals surface area (Å²) in [6, 6.07) is 15.4. The molecule has 192 valence electrons. The van der Waals surface area contributed by atoms with Gasteiger partial charge in [0.15, 0.2) is 0 Å². The standard InChI is InChI=1S/C27H32N2O5S2/c1-19(2)29(36(31,32)22-11-9-21(33-4)10-12-22)17-27(30)28-15-13-26-23(14-16-35-26)24(28)18-34-25-8-6-5-7-20(25)3/h5-12,14,16,19,24H,13,15,17-18H2,1-4H3. The van der Waals surface area contributed by atoms with Gasteiger partial charge in [0.2, 0.25) is 15.9 Å². The fourth-order valence-electron chi connectivity index (χ4n) is 4.41. The van der Waals surface area contributed by atoms with Crippen molar-refractivity contribution in [2.45, 2.75) is 44.2 Å². The van der Waals surface area contributed by atoms with E-state index in [2.05, 4.69) is 0 Å². The molecule has 0 spiro atoms. The minimum Gasteiger partial charge on any atom is -0.497 e. The number of benzene rings is 2. The van der Waals surface area contributed by atoms with Crippen LogP contribution in [0.15, 0.2) is 64.9 Å². The van der Waals surface area contributed by atoms with Gasteiger partial charge in [-0.2, -0.15) is 4.31 Å². The highest BCUT2D eigenvalue weighted by molar-refractivity contribution is 7.89. The summed E-state index contributed by atoms with van der Waals surface area (Å²) in [4.78, 5) is 16.8. The van der Waals surface area contributed by atoms with Gasteiger partial charge in [0, 0.05) is 17.5 Å². The molecule has 1 unspecified atom stereocenters. The molecule has 0 saturated carbocycles. The number of sulfonamides is 1. The number of para-hydroxylation sites is 1. The molecule has 0 radical (unpaired) electrons. The first-order valence-corrected chi connectivity index (χ1v) is 14.2. The predicted octanol–water partition coefficient (Wildman–Crippen LogP) is 4.67. The Balaban J connectivity index is 1.57. The maximum atomic E-state index is 13.7. The second-order valence-corrected chi connectivity index (χ2v) is 11.9. The number of methoxy groups -OCH3 is 1. The Labute approximate surface area is 217 Å². The first kappa shape index (κ1) is 26.2. The Bertz CT molecular complexity index is 1300. The maximum absolute atomic E-state index is 13.7. The summed E-state index contributed by atoms with van der Waals surface area (Å²) in [5, 5.41) is 2.04. The third-order valence-electron chi connectivity index (χ3n) is 6.44. The van der Waals surface area contributed by atoms with Crippen molar-refractivity contribution < 1.29 is 22.7 Å². The van der Waals surface area contributed by atoms with Crippen molar-refractivity contribution in [2.24, 2.45) is 0 Å². The van der Waals surface area contributed by atoms with Crippen LogP contribution in [0.25, 0.3) is 0 Å². The summed E-state index contributed by atoms with van der Waals surface area (Å²) in [6.45, 7) is 6.11. The first-order valence-electron chi connectivity index (χ1n) is 11.9. The first-order chi connectivity index (χ1) is 17.2. The number of nitrogens with zero attached hydrogens (tertiary/aromatic N) is 2. The number of aryl methyl sites for hydroxylation is 1. The molecule has 1 aromatic heterocycles. The number of amides is 1. The molecule has 1 aliphatic heterocycles. The van der Waals surface area contributed by atoms with Crippen molar-refractivity contribution in [2.75, 3.05) is 26.8 Å². The van der Waals surface area contributed by atoms with E-state index in [0.717, 1.165) is 23.3 Å². The lowest BCUT2D eigenvalue weighted by molar-refractivity contribution is -0.135. The van der Waals surface area contributed by atoms with Gasteiger partial charge in [-0.3, -0.25) is 4.79 Å². The van der Waals surface area contributed by atoms with Crippen molar-refractivity contribution in [3.8, 4) is 11.5 Å². The number of carbonyl (C=O) groups excluding carboxylic acids is 1. The van der Waals surface area contributed by atoms with E-state index in [1.54, 1.807) is 42.2 Å². The molecule has 36 heavy (non-hydrogen) atoms. The smallest absolute Gasteiger partial charge is 0.243 e. The van der Waals surface area contributed by atoms with E-state index in [9.17, 15) is 13.2 Å². The summed E-state index contributed by atoms with van der Waals surface area (Å²) in [5.74, 6) is 1.10. The second-order valence-electron chi connectivity index (χ2n) is 9.05. The molecule has 4 rings (SSSR count). The SMILES string of the molecule is COc1ccc(S(=O)(=O)N(CC(=O)N2CCc3sccc3C2COc2ccccc2C)C(C)C)cc1. The van der Waals surface area contributed by atoms with Crippen LogP contribution < -0.4 is 9.47 Å². The van der Waals surface area contributed by atoms with Crippen LogP contribution in [0.5, 0.6) is 11.5 Å². The van der Waals surface area contributed by atoms with Gasteiger partial charge in [-0.15, -0.1) is 11.3 Å². The van der Waals surface area contributed by atoms with Crippen LogP contribution in [0.1, 0.15) is 35.9 Å². The fraction of sp³-hybridized carbons (Fsp3) is 0.370. The average molecular weight is 529 g/mol. The van der Waals surface area contributed by atoms with Crippen molar-refractivity contribution in [1.82, 2.24) is 9.21 Å². The molecule has 2 aromatic carbocycles. The van der Waals surface area contributed by atoms with Gasteiger partial charge in [0.25, 0.3) is 0 Å². The van der Waals surface area contributed by atoms with E-state index in [4.69, 9.17) is 9.47 Å². The molecular formula is C27H32N2O5S2. The molecule has 1 aliphatic rings. The van der Waals surface area contributed by atoms with Crippen molar-refractivity contribution in [3.63, 3.8) is 0 Å². The monoisotopic (exact) mass is 528 g/mol. The Hall–Kier alpha value is -2.88. The Kier molecular flexibility index (Phi) is 8.02. The van der Waals surface area contributed by atoms with E-state index < -0.39 is 16.1 Å². The number of hydrogen-bond donors (Lipinski definition) is 0. The van der Waals surface area contributed by atoms with Gasteiger partial charge >= 0.3 is 0 Å². The lowest BCUT2D eigenvalue weighted by atomic mass is 10.0. The van der Waals surface area contributed by atoms with Gasteiger partial charge in [-0.1, -0.05) is 18.2 Å². The van der Waals surface area contributed by atoms with Crippen LogP contribution in [-0.4, -0.2) is 56.4 Å². The van der Waals surface area contributed by atoms with Gasteiger partial charge < -0.3 is 14.4 Å². The van der Waals surface area contributed by atoms with Gasteiger partial charge in [-0.05, 0) is 80.1 Å². The molecule has 7 nitrogen and oxygen atoms in total. The number of fused-ring (bicyclic) bond motifs is 1. The quantitative estimate of drug-likeness (QED) is 0.404. The minimum atomic E-state index is -3.89. The highest BCUT2D eigenvalue weighted by Gasteiger charge is 2.36. The molecule has 9 heteroatoms. The Morgan fingerprint density at radius 2 is 1.86 bits per heavy atom. The zero-order valence-electron chi connectivity index (χ0n) is 21.0. The fourth-order valence-corrected chi connectivity index (χ4v) is 6.93. The second kappa shape index (κ2) is 11.0. The summed E-state index contributed by atoms with van der Waals surface area (Å²) < 4.78 is 39.5. The molecule has 1 amide bonds. The molecule has 0 fully saturated rings. The zero-order chi connectivity index (χ0) is 25.9. The number of thiophene rings is 1. The number of ether oxygens (including phenoxy) is 2. The summed E-state index contributed by atoms with van der Waals surface area (Å²) in [7, 11) is -2.36. The lowest BCUT2D eigenvalue weighted by Crippen LogP contribution is -2.49. The molecule has 2 heterocycles. The maximum Gasteiger partial charge on any atom is 0.243 e. The molecular weight excluding hydrogens is 496 g/mol.